The first-order chi connectivity index (χ1) is 14.8. The Morgan fingerprint density at radius 1 is 0.833 bits per heavy atom. The van der Waals surface area contributed by atoms with Gasteiger partial charge in [0, 0.05) is 37.3 Å². The summed E-state index contributed by atoms with van der Waals surface area (Å²) >= 11 is 0. The van der Waals surface area contributed by atoms with Gasteiger partial charge in [-0.05, 0) is 36.1 Å². The van der Waals surface area contributed by atoms with Gasteiger partial charge in [0.25, 0.3) is 0 Å². The molecule has 0 aliphatic carbocycles. The summed E-state index contributed by atoms with van der Waals surface area (Å²) in [5.74, 6) is 0.830. The highest BCUT2D eigenvalue weighted by Gasteiger charge is 2.46. The van der Waals surface area contributed by atoms with Gasteiger partial charge in [0.05, 0.1) is 5.92 Å². The first-order valence-electron chi connectivity index (χ1n) is 10.8. The van der Waals surface area contributed by atoms with Gasteiger partial charge in [0.2, 0.25) is 5.91 Å². The summed E-state index contributed by atoms with van der Waals surface area (Å²) in [6.45, 7) is 0. The van der Waals surface area contributed by atoms with E-state index >= 15 is 0 Å². The molecule has 0 saturated carbocycles. The van der Waals surface area contributed by atoms with Crippen LogP contribution in [0.5, 0.6) is 5.75 Å². The zero-order valence-electron chi connectivity index (χ0n) is 16.9. The highest BCUT2D eigenvalue weighted by Crippen LogP contribution is 2.40. The summed E-state index contributed by atoms with van der Waals surface area (Å²) < 4.78 is 6.22. The van der Waals surface area contributed by atoms with Crippen LogP contribution in [-0.4, -0.2) is 34.0 Å². The second-order valence-corrected chi connectivity index (χ2v) is 8.28. The number of hydrogen-bond acceptors (Lipinski definition) is 3. The lowest BCUT2D eigenvalue weighted by molar-refractivity contribution is -0.137. The number of pyridine rings is 1. The number of ether oxygens (including phenoxy) is 1. The Labute approximate surface area is 177 Å². The molecule has 1 aromatic heterocycles. The molecule has 2 fully saturated rings. The molecule has 1 amide bonds. The van der Waals surface area contributed by atoms with Crippen LogP contribution < -0.4 is 4.74 Å². The Balaban J connectivity index is 1.39. The molecule has 2 atom stereocenters. The average Bonchev–Trinajstić information content (AvgIpc) is 3.06. The number of carbonyl (C=O) groups excluding carboxylic acids is 1. The molecule has 2 aliphatic rings. The van der Waals surface area contributed by atoms with Crippen LogP contribution in [0.2, 0.25) is 0 Å². The SMILES string of the molecule is O=C(C(c1ccccc1)c1ccccc1)N1C2CCC1CC(Oc1ccncc1)C2. The van der Waals surface area contributed by atoms with Crippen molar-refractivity contribution in [1.82, 2.24) is 9.88 Å². The van der Waals surface area contributed by atoms with Gasteiger partial charge in [-0.15, -0.1) is 0 Å². The predicted octanol–water partition coefficient (Wildman–Crippen LogP) is 4.81. The van der Waals surface area contributed by atoms with Crippen molar-refractivity contribution in [3.05, 3.63) is 96.3 Å². The molecule has 3 heterocycles. The van der Waals surface area contributed by atoms with Gasteiger partial charge in [-0.2, -0.15) is 0 Å². The van der Waals surface area contributed by atoms with E-state index in [9.17, 15) is 4.79 Å². The molecule has 152 valence electrons. The second kappa shape index (κ2) is 8.31. The molecular weight excluding hydrogens is 372 g/mol. The van der Waals surface area contributed by atoms with Crippen molar-refractivity contribution in [2.24, 2.45) is 0 Å². The minimum Gasteiger partial charge on any atom is -0.490 e. The lowest BCUT2D eigenvalue weighted by Crippen LogP contribution is -2.50. The standard InChI is InChI=1S/C26H26N2O2/c29-26(25(19-7-3-1-4-8-19)20-9-5-2-6-10-20)28-21-11-12-22(28)18-24(17-21)30-23-13-15-27-16-14-23/h1-10,13-16,21-22,24-25H,11-12,17-18H2. The summed E-state index contributed by atoms with van der Waals surface area (Å²) in [5.41, 5.74) is 2.12. The molecular formula is C26H26N2O2. The van der Waals surface area contributed by atoms with Crippen molar-refractivity contribution >= 4 is 5.91 Å². The number of benzene rings is 2. The average molecular weight is 399 g/mol. The van der Waals surface area contributed by atoms with Gasteiger partial charge >= 0.3 is 0 Å². The number of carbonyl (C=O) groups is 1. The monoisotopic (exact) mass is 398 g/mol. The van der Waals surface area contributed by atoms with E-state index in [0.29, 0.717) is 0 Å². The molecule has 2 aliphatic heterocycles. The lowest BCUT2D eigenvalue weighted by atomic mass is 9.88. The fraction of sp³-hybridized carbons (Fsp3) is 0.308. The molecule has 2 aromatic carbocycles. The third-order valence-electron chi connectivity index (χ3n) is 6.41. The highest BCUT2D eigenvalue weighted by molar-refractivity contribution is 5.88. The molecule has 3 aromatic rings. The lowest BCUT2D eigenvalue weighted by Gasteiger charge is -2.40. The van der Waals surface area contributed by atoms with Crippen molar-refractivity contribution < 1.29 is 9.53 Å². The van der Waals surface area contributed by atoms with Crippen molar-refractivity contribution in [3.8, 4) is 5.75 Å². The molecule has 4 heteroatoms. The molecule has 5 rings (SSSR count). The van der Waals surface area contributed by atoms with E-state index in [-0.39, 0.29) is 30.0 Å². The summed E-state index contributed by atoms with van der Waals surface area (Å²) in [4.78, 5) is 20.1. The molecule has 2 saturated heterocycles. The molecule has 0 radical (unpaired) electrons. The largest absolute Gasteiger partial charge is 0.490 e. The minimum atomic E-state index is -0.256. The van der Waals surface area contributed by atoms with Crippen molar-refractivity contribution in [2.75, 3.05) is 0 Å². The van der Waals surface area contributed by atoms with E-state index in [1.165, 1.54) is 0 Å². The maximum atomic E-state index is 13.9. The zero-order chi connectivity index (χ0) is 20.3. The second-order valence-electron chi connectivity index (χ2n) is 8.28. The Morgan fingerprint density at radius 3 is 1.90 bits per heavy atom. The van der Waals surface area contributed by atoms with E-state index in [4.69, 9.17) is 4.74 Å². The van der Waals surface area contributed by atoms with Gasteiger partial charge in [0.1, 0.15) is 11.9 Å². The number of fused-ring (bicyclic) bond motifs is 2. The van der Waals surface area contributed by atoms with Crippen LogP contribution in [0.3, 0.4) is 0 Å². The van der Waals surface area contributed by atoms with Crippen LogP contribution in [0.15, 0.2) is 85.2 Å². The molecule has 30 heavy (non-hydrogen) atoms. The predicted molar refractivity (Wildman–Crippen MR) is 116 cm³/mol. The van der Waals surface area contributed by atoms with Crippen LogP contribution in [0.4, 0.5) is 0 Å². The molecule has 2 bridgehead atoms. The van der Waals surface area contributed by atoms with E-state index in [2.05, 4.69) is 34.1 Å². The molecule has 0 spiro atoms. The maximum Gasteiger partial charge on any atom is 0.235 e. The number of rotatable bonds is 5. The number of piperidine rings is 1. The van der Waals surface area contributed by atoms with Crippen LogP contribution in [0.1, 0.15) is 42.7 Å². The summed E-state index contributed by atoms with van der Waals surface area (Å²) in [5, 5.41) is 0. The van der Waals surface area contributed by atoms with E-state index < -0.39 is 0 Å². The number of aromatic nitrogens is 1. The van der Waals surface area contributed by atoms with Crippen molar-refractivity contribution in [1.29, 1.82) is 0 Å². The summed E-state index contributed by atoms with van der Waals surface area (Å²) in [6, 6.07) is 24.6. The van der Waals surface area contributed by atoms with Crippen LogP contribution >= 0.6 is 0 Å². The van der Waals surface area contributed by atoms with Gasteiger partial charge in [-0.25, -0.2) is 0 Å². The minimum absolute atomic E-state index is 0.154. The zero-order valence-corrected chi connectivity index (χ0v) is 16.9. The Morgan fingerprint density at radius 2 is 1.37 bits per heavy atom. The smallest absolute Gasteiger partial charge is 0.235 e. The van der Waals surface area contributed by atoms with Crippen LogP contribution in [-0.2, 0) is 4.79 Å². The molecule has 2 unspecified atom stereocenters. The summed E-state index contributed by atoms with van der Waals surface area (Å²) in [7, 11) is 0. The fourth-order valence-electron chi connectivity index (χ4n) is 5.11. The van der Waals surface area contributed by atoms with E-state index in [1.54, 1.807) is 12.4 Å². The van der Waals surface area contributed by atoms with E-state index in [1.807, 2.05) is 48.5 Å². The first-order valence-corrected chi connectivity index (χ1v) is 10.8. The van der Waals surface area contributed by atoms with Gasteiger partial charge in [-0.3, -0.25) is 9.78 Å². The van der Waals surface area contributed by atoms with E-state index in [0.717, 1.165) is 42.6 Å². The number of amides is 1. The first kappa shape index (κ1) is 18.9. The van der Waals surface area contributed by atoms with Crippen LogP contribution in [0.25, 0.3) is 0 Å². The Kier molecular flexibility index (Phi) is 5.22. The Hall–Kier alpha value is -3.14. The molecule has 0 N–H and O–H groups in total. The van der Waals surface area contributed by atoms with Crippen molar-refractivity contribution in [2.45, 2.75) is 49.8 Å². The topological polar surface area (TPSA) is 42.4 Å². The number of nitrogens with zero attached hydrogens (tertiary/aromatic N) is 2. The van der Waals surface area contributed by atoms with Crippen molar-refractivity contribution in [3.63, 3.8) is 0 Å². The third-order valence-corrected chi connectivity index (χ3v) is 6.41. The Bertz CT molecular complexity index is 924. The highest BCUT2D eigenvalue weighted by atomic mass is 16.5. The van der Waals surface area contributed by atoms with Crippen LogP contribution in [0, 0.1) is 0 Å². The van der Waals surface area contributed by atoms with Gasteiger partial charge < -0.3 is 9.64 Å². The fourth-order valence-corrected chi connectivity index (χ4v) is 5.11. The maximum absolute atomic E-state index is 13.9. The quantitative estimate of drug-likeness (QED) is 0.619. The number of hydrogen-bond donors (Lipinski definition) is 0. The normalized spacial score (nSPS) is 22.8. The third kappa shape index (κ3) is 3.70. The molecule has 4 nitrogen and oxygen atoms in total. The van der Waals surface area contributed by atoms with Gasteiger partial charge in [-0.1, -0.05) is 60.7 Å². The van der Waals surface area contributed by atoms with Gasteiger partial charge in [0.15, 0.2) is 0 Å². The summed E-state index contributed by atoms with van der Waals surface area (Å²) in [6.07, 6.45) is 7.56.